The maximum atomic E-state index is 14.0. The highest BCUT2D eigenvalue weighted by Crippen LogP contribution is 2.51. The van der Waals surface area contributed by atoms with E-state index in [-0.39, 0.29) is 10.6 Å². The van der Waals surface area contributed by atoms with Crippen LogP contribution in [0.5, 0.6) is 0 Å². The van der Waals surface area contributed by atoms with Crippen LogP contribution in [0.3, 0.4) is 0 Å². The molecule has 0 radical (unpaired) electrons. The summed E-state index contributed by atoms with van der Waals surface area (Å²) in [5.74, 6) is -2.51. The van der Waals surface area contributed by atoms with Gasteiger partial charge in [0, 0.05) is 14.9 Å². The van der Waals surface area contributed by atoms with E-state index in [0.29, 0.717) is 26.9 Å². The molecule has 0 unspecified atom stereocenters. The van der Waals surface area contributed by atoms with Crippen LogP contribution in [0.2, 0.25) is 10.0 Å². The molecule has 1 aromatic heterocycles. The molecule has 2 saturated heterocycles. The summed E-state index contributed by atoms with van der Waals surface area (Å²) < 4.78 is 4.95. The molecule has 2 aliphatic rings. The number of hydrogen-bond acceptors (Lipinski definition) is 7. The summed E-state index contributed by atoms with van der Waals surface area (Å²) in [6.07, 6.45) is -1.10. The number of rotatable bonds is 4. The Morgan fingerprint density at radius 2 is 1.78 bits per heavy atom. The van der Waals surface area contributed by atoms with Crippen LogP contribution in [-0.2, 0) is 19.2 Å². The first-order valence-corrected chi connectivity index (χ1v) is 12.8. The minimum atomic E-state index is -1.10. The zero-order valence-electron chi connectivity index (χ0n) is 19.9. The summed E-state index contributed by atoms with van der Waals surface area (Å²) in [6.45, 7) is 5.51. The number of fused-ring (bicyclic) bond motifs is 1. The molecule has 5 rings (SSSR count). The van der Waals surface area contributed by atoms with E-state index < -0.39 is 35.8 Å². The highest BCUT2D eigenvalue weighted by Gasteiger charge is 2.61. The molecule has 2 aromatic carbocycles. The second kappa shape index (κ2) is 9.19. The minimum absolute atomic E-state index is 0.207. The van der Waals surface area contributed by atoms with Gasteiger partial charge in [0.2, 0.25) is 5.91 Å². The summed E-state index contributed by atoms with van der Waals surface area (Å²) in [6, 6.07) is 11.9. The number of ether oxygens (including phenoxy) is 1. The summed E-state index contributed by atoms with van der Waals surface area (Å²) >= 11 is 14.0. The van der Waals surface area contributed by atoms with Crippen LogP contribution >= 0.6 is 34.5 Å². The van der Waals surface area contributed by atoms with Crippen molar-refractivity contribution in [3.63, 3.8) is 0 Å². The molecule has 3 heterocycles. The van der Waals surface area contributed by atoms with Crippen LogP contribution in [0, 0.1) is 26.7 Å². The first-order chi connectivity index (χ1) is 17.1. The number of nitrogens with zero attached hydrogens (tertiary/aromatic N) is 2. The molecule has 36 heavy (non-hydrogen) atoms. The van der Waals surface area contributed by atoms with Crippen LogP contribution in [0.25, 0.3) is 0 Å². The SMILES string of the molecule is COC(=O)c1c(N2C(=O)[C@@H]3[C@@H](ON(c4ccccc4C)[C@H]3c3ccc(Cl)cc3Cl)C2=O)sc(C)c1C. The smallest absolute Gasteiger partial charge is 0.341 e. The Kier molecular flexibility index (Phi) is 6.32. The lowest BCUT2D eigenvalue weighted by Crippen LogP contribution is -2.38. The van der Waals surface area contributed by atoms with Gasteiger partial charge < -0.3 is 4.74 Å². The van der Waals surface area contributed by atoms with Crippen molar-refractivity contribution in [1.82, 2.24) is 0 Å². The lowest BCUT2D eigenvalue weighted by molar-refractivity contribution is -0.126. The van der Waals surface area contributed by atoms with Crippen molar-refractivity contribution in [2.24, 2.45) is 5.92 Å². The van der Waals surface area contributed by atoms with E-state index in [2.05, 4.69) is 0 Å². The number of methoxy groups -OCH3 is 1. The van der Waals surface area contributed by atoms with E-state index in [1.807, 2.05) is 38.1 Å². The molecular formula is C26H22Cl2N2O5S. The van der Waals surface area contributed by atoms with E-state index in [4.69, 9.17) is 32.8 Å². The highest BCUT2D eigenvalue weighted by molar-refractivity contribution is 7.17. The fourth-order valence-electron chi connectivity index (χ4n) is 4.80. The molecule has 0 spiro atoms. The second-order valence-corrected chi connectivity index (χ2v) is 10.8. The molecule has 0 aliphatic carbocycles. The molecule has 0 saturated carbocycles. The van der Waals surface area contributed by atoms with Crippen molar-refractivity contribution in [3.8, 4) is 0 Å². The van der Waals surface area contributed by atoms with Crippen molar-refractivity contribution in [3.05, 3.63) is 79.6 Å². The number of thiophene rings is 1. The van der Waals surface area contributed by atoms with Gasteiger partial charge in [0.25, 0.3) is 5.91 Å². The number of carbonyl (C=O) groups is 3. The van der Waals surface area contributed by atoms with E-state index in [1.54, 1.807) is 30.2 Å². The maximum Gasteiger partial charge on any atom is 0.341 e. The predicted octanol–water partition coefficient (Wildman–Crippen LogP) is 5.82. The third-order valence-corrected chi connectivity index (χ3v) is 8.46. The topological polar surface area (TPSA) is 76.2 Å². The second-order valence-electron chi connectivity index (χ2n) is 8.74. The van der Waals surface area contributed by atoms with Crippen molar-refractivity contribution >= 4 is 63.0 Å². The summed E-state index contributed by atoms with van der Waals surface area (Å²) in [5.41, 5.74) is 3.10. The largest absolute Gasteiger partial charge is 0.465 e. The molecule has 186 valence electrons. The number of esters is 1. The van der Waals surface area contributed by atoms with Gasteiger partial charge in [0.05, 0.1) is 24.4 Å². The normalized spacial score (nSPS) is 21.3. The average Bonchev–Trinajstić information content (AvgIpc) is 3.44. The molecular weight excluding hydrogens is 523 g/mol. The summed E-state index contributed by atoms with van der Waals surface area (Å²) in [5, 5.41) is 2.64. The Morgan fingerprint density at radius 3 is 2.44 bits per heavy atom. The van der Waals surface area contributed by atoms with Gasteiger partial charge in [-0.3, -0.25) is 14.4 Å². The lowest BCUT2D eigenvalue weighted by Gasteiger charge is -2.30. The van der Waals surface area contributed by atoms with E-state index in [9.17, 15) is 14.4 Å². The number of amides is 2. The average molecular weight is 545 g/mol. The Morgan fingerprint density at radius 1 is 1.06 bits per heavy atom. The Balaban J connectivity index is 1.65. The first kappa shape index (κ1) is 24.8. The third-order valence-electron chi connectivity index (χ3n) is 6.71. The van der Waals surface area contributed by atoms with E-state index in [1.165, 1.54) is 18.4 Å². The number of benzene rings is 2. The quantitative estimate of drug-likeness (QED) is 0.304. The number of hydrogen-bond donors (Lipinski definition) is 0. The van der Waals surface area contributed by atoms with Crippen molar-refractivity contribution in [2.75, 3.05) is 17.1 Å². The molecule has 2 fully saturated rings. The minimum Gasteiger partial charge on any atom is -0.465 e. The molecule has 2 amide bonds. The van der Waals surface area contributed by atoms with E-state index >= 15 is 0 Å². The van der Waals surface area contributed by atoms with Gasteiger partial charge in [-0.25, -0.2) is 14.8 Å². The van der Waals surface area contributed by atoms with E-state index in [0.717, 1.165) is 15.3 Å². The first-order valence-electron chi connectivity index (χ1n) is 11.2. The van der Waals surface area contributed by atoms with Crippen LogP contribution in [0.1, 0.15) is 38.0 Å². The Labute approximate surface area is 222 Å². The van der Waals surface area contributed by atoms with Crippen molar-refractivity contribution < 1.29 is 24.0 Å². The standard InChI is InChI=1S/C26H22Cl2N2O5S/c1-12-7-5-6-8-18(12)30-21(16-10-9-15(27)11-17(16)28)20-22(35-30)24(32)29(23(20)31)25-19(26(33)34-4)13(2)14(3)36-25/h5-11,20-22H,1-4H3/t20-,21-,22+/m0/s1. The third kappa shape index (κ3) is 3.71. The number of imide groups is 1. The van der Waals surface area contributed by atoms with Gasteiger partial charge >= 0.3 is 5.97 Å². The highest BCUT2D eigenvalue weighted by atomic mass is 35.5. The van der Waals surface area contributed by atoms with Gasteiger partial charge in [-0.1, -0.05) is 47.5 Å². The monoisotopic (exact) mass is 544 g/mol. The number of halogens is 2. The summed E-state index contributed by atoms with van der Waals surface area (Å²) in [4.78, 5) is 48.4. The number of hydroxylamine groups is 1. The molecule has 0 N–H and O–H groups in total. The fourth-order valence-corrected chi connectivity index (χ4v) is 6.48. The van der Waals surface area contributed by atoms with Gasteiger partial charge in [0.15, 0.2) is 6.10 Å². The van der Waals surface area contributed by atoms with Crippen molar-refractivity contribution in [2.45, 2.75) is 32.9 Å². The molecule has 7 nitrogen and oxygen atoms in total. The maximum absolute atomic E-state index is 14.0. The summed E-state index contributed by atoms with van der Waals surface area (Å²) in [7, 11) is 1.27. The number of anilines is 2. The van der Waals surface area contributed by atoms with Crippen LogP contribution in [0.15, 0.2) is 42.5 Å². The van der Waals surface area contributed by atoms with Gasteiger partial charge in [-0.2, -0.15) is 0 Å². The predicted molar refractivity (Wildman–Crippen MR) is 139 cm³/mol. The Hall–Kier alpha value is -2.91. The number of aryl methyl sites for hydroxylation is 2. The van der Waals surface area contributed by atoms with Crippen LogP contribution < -0.4 is 9.96 Å². The molecule has 3 aromatic rings. The van der Waals surface area contributed by atoms with Gasteiger partial charge in [-0.05, 0) is 55.7 Å². The van der Waals surface area contributed by atoms with Crippen molar-refractivity contribution in [1.29, 1.82) is 0 Å². The zero-order chi connectivity index (χ0) is 25.9. The van der Waals surface area contributed by atoms with Crippen LogP contribution in [0.4, 0.5) is 10.7 Å². The Bertz CT molecular complexity index is 1420. The number of carbonyl (C=O) groups excluding carboxylic acids is 3. The zero-order valence-corrected chi connectivity index (χ0v) is 22.2. The fraction of sp³-hybridized carbons (Fsp3) is 0.269. The molecule has 3 atom stereocenters. The van der Waals surface area contributed by atoms with Crippen LogP contribution in [-0.4, -0.2) is 31.0 Å². The lowest BCUT2D eigenvalue weighted by atomic mass is 9.90. The van der Waals surface area contributed by atoms with Gasteiger partial charge in [-0.15, -0.1) is 11.3 Å². The molecule has 10 heteroatoms. The number of para-hydroxylation sites is 1. The molecule has 2 aliphatic heterocycles. The molecule has 0 bridgehead atoms. The van der Waals surface area contributed by atoms with Gasteiger partial charge in [0.1, 0.15) is 10.9 Å².